The lowest BCUT2D eigenvalue weighted by molar-refractivity contribution is -0.142. The first kappa shape index (κ1) is 20.7. The zero-order valence-electron chi connectivity index (χ0n) is 17.2. The number of ether oxygens (including phenoxy) is 2. The summed E-state index contributed by atoms with van der Waals surface area (Å²) in [5, 5.41) is 0. The van der Waals surface area contributed by atoms with E-state index in [4.69, 9.17) is 9.47 Å². The number of allylic oxidation sites excluding steroid dienone is 1. The molecule has 1 fully saturated rings. The first-order valence-corrected chi connectivity index (χ1v) is 9.58. The lowest BCUT2D eigenvalue weighted by Crippen LogP contribution is -2.72. The molecule has 0 aliphatic carbocycles. The molecule has 1 heterocycles. The summed E-state index contributed by atoms with van der Waals surface area (Å²) < 4.78 is 11.2. The van der Waals surface area contributed by atoms with Crippen LogP contribution >= 0.6 is 0 Å². The molecule has 4 nitrogen and oxygen atoms in total. The molecule has 0 saturated carbocycles. The van der Waals surface area contributed by atoms with E-state index in [2.05, 4.69) is 18.9 Å². The van der Waals surface area contributed by atoms with Crippen LogP contribution in [0.3, 0.4) is 0 Å². The van der Waals surface area contributed by atoms with Crippen LogP contribution in [0.1, 0.15) is 18.9 Å². The maximum Gasteiger partial charge on any atom is 0.235 e. The summed E-state index contributed by atoms with van der Waals surface area (Å²) in [6.07, 6.45) is 1.96. The van der Waals surface area contributed by atoms with Gasteiger partial charge in [-0.15, -0.1) is 12.3 Å². The molecule has 3 rings (SSSR count). The number of carbonyl (C=O) groups is 1. The van der Waals surface area contributed by atoms with Crippen LogP contribution in [0.5, 0.6) is 5.75 Å². The van der Waals surface area contributed by atoms with Crippen LogP contribution in [-0.2, 0) is 9.53 Å². The predicted molar refractivity (Wildman–Crippen MR) is 117 cm³/mol. The highest BCUT2D eigenvalue weighted by Gasteiger charge is 2.60. The van der Waals surface area contributed by atoms with Crippen molar-refractivity contribution in [2.24, 2.45) is 5.41 Å². The van der Waals surface area contributed by atoms with E-state index in [0.29, 0.717) is 6.42 Å². The SMILES string of the molecule is C=C=C(c1ccccc1)[C@@H](OC)[C@@H]1N(c2ccc(OC)cc2)C(=O)[C@@]1(C)CC=C. The van der Waals surface area contributed by atoms with Gasteiger partial charge in [0.15, 0.2) is 0 Å². The van der Waals surface area contributed by atoms with E-state index in [0.717, 1.165) is 22.6 Å². The van der Waals surface area contributed by atoms with Crippen LogP contribution in [0.15, 0.2) is 79.6 Å². The molecule has 0 aromatic heterocycles. The number of rotatable bonds is 8. The molecule has 0 spiro atoms. The summed E-state index contributed by atoms with van der Waals surface area (Å²) in [6, 6.07) is 17.2. The first-order chi connectivity index (χ1) is 14.0. The molecule has 29 heavy (non-hydrogen) atoms. The van der Waals surface area contributed by atoms with Crippen molar-refractivity contribution in [2.75, 3.05) is 19.1 Å². The monoisotopic (exact) mass is 389 g/mol. The van der Waals surface area contributed by atoms with Crippen molar-refractivity contribution in [1.82, 2.24) is 0 Å². The summed E-state index contributed by atoms with van der Waals surface area (Å²) in [6.45, 7) is 9.73. The number of methoxy groups -OCH3 is 2. The van der Waals surface area contributed by atoms with Crippen LogP contribution < -0.4 is 9.64 Å². The van der Waals surface area contributed by atoms with Crippen molar-refractivity contribution in [3.8, 4) is 5.75 Å². The quantitative estimate of drug-likeness (QED) is 0.367. The second kappa shape index (κ2) is 8.52. The zero-order valence-corrected chi connectivity index (χ0v) is 17.2. The highest BCUT2D eigenvalue weighted by molar-refractivity contribution is 6.06. The van der Waals surface area contributed by atoms with Crippen molar-refractivity contribution >= 4 is 17.2 Å². The molecule has 1 amide bonds. The Morgan fingerprint density at radius 3 is 2.38 bits per heavy atom. The molecular formula is C25H27NO3. The van der Waals surface area contributed by atoms with Gasteiger partial charge in [-0.3, -0.25) is 4.79 Å². The average Bonchev–Trinajstić information content (AvgIpc) is 2.76. The predicted octanol–water partition coefficient (Wildman–Crippen LogP) is 4.88. The van der Waals surface area contributed by atoms with Gasteiger partial charge < -0.3 is 14.4 Å². The summed E-state index contributed by atoms with van der Waals surface area (Å²) in [5.74, 6) is 0.789. The van der Waals surface area contributed by atoms with Crippen molar-refractivity contribution in [3.05, 3.63) is 85.1 Å². The van der Waals surface area contributed by atoms with Gasteiger partial charge in [0.2, 0.25) is 5.91 Å². The third-order valence-corrected chi connectivity index (χ3v) is 5.66. The number of carbonyl (C=O) groups excluding carboxylic acids is 1. The molecule has 0 bridgehead atoms. The van der Waals surface area contributed by atoms with Gasteiger partial charge in [0, 0.05) is 18.4 Å². The highest BCUT2D eigenvalue weighted by Crippen LogP contribution is 2.49. The number of hydrogen-bond donors (Lipinski definition) is 0. The number of β-lactam (4-membered cyclic amide) rings is 1. The lowest BCUT2D eigenvalue weighted by atomic mass is 9.65. The van der Waals surface area contributed by atoms with E-state index in [-0.39, 0.29) is 18.1 Å². The van der Waals surface area contributed by atoms with E-state index in [1.54, 1.807) is 25.2 Å². The second-order valence-corrected chi connectivity index (χ2v) is 7.34. The van der Waals surface area contributed by atoms with Crippen LogP contribution in [0, 0.1) is 5.41 Å². The van der Waals surface area contributed by atoms with Crippen LogP contribution in [0.4, 0.5) is 5.69 Å². The normalized spacial score (nSPS) is 21.7. The average molecular weight is 389 g/mol. The Morgan fingerprint density at radius 2 is 1.86 bits per heavy atom. The minimum absolute atomic E-state index is 0.0473. The number of amides is 1. The van der Waals surface area contributed by atoms with Gasteiger partial charge in [-0.1, -0.05) is 43.0 Å². The fourth-order valence-electron chi connectivity index (χ4n) is 4.13. The molecule has 1 aliphatic rings. The molecule has 2 aromatic carbocycles. The Morgan fingerprint density at radius 1 is 1.21 bits per heavy atom. The maximum absolute atomic E-state index is 13.3. The zero-order chi connectivity index (χ0) is 21.0. The molecular weight excluding hydrogens is 362 g/mol. The first-order valence-electron chi connectivity index (χ1n) is 9.58. The number of nitrogens with zero attached hydrogens (tertiary/aromatic N) is 1. The van der Waals surface area contributed by atoms with Crippen LogP contribution in [0.2, 0.25) is 0 Å². The molecule has 150 valence electrons. The molecule has 3 atom stereocenters. The molecule has 1 aliphatic heterocycles. The standard InChI is InChI=1S/C25H27NO3/c1-6-17-25(3)23(22(29-5)21(7-2)18-11-9-8-10-12-18)26(24(25)27)19-13-15-20(28-4)16-14-19/h6,8-16,22-23H,1-2,17H2,3-5H3/t22-,23+,25+/m1/s1. The van der Waals surface area contributed by atoms with Gasteiger partial charge in [0.25, 0.3) is 0 Å². The van der Waals surface area contributed by atoms with E-state index in [1.165, 1.54) is 0 Å². The van der Waals surface area contributed by atoms with Crippen LogP contribution in [0.25, 0.3) is 5.57 Å². The summed E-state index contributed by atoms with van der Waals surface area (Å²) in [5.41, 5.74) is 5.05. The minimum Gasteiger partial charge on any atom is -0.497 e. The Balaban J connectivity index is 2.06. The van der Waals surface area contributed by atoms with Crippen molar-refractivity contribution in [2.45, 2.75) is 25.5 Å². The third kappa shape index (κ3) is 3.53. The molecule has 4 heteroatoms. The number of hydrogen-bond acceptors (Lipinski definition) is 3. The third-order valence-electron chi connectivity index (χ3n) is 5.66. The largest absolute Gasteiger partial charge is 0.497 e. The van der Waals surface area contributed by atoms with Crippen molar-refractivity contribution in [3.63, 3.8) is 0 Å². The van der Waals surface area contributed by atoms with E-state index in [9.17, 15) is 4.79 Å². The van der Waals surface area contributed by atoms with Gasteiger partial charge in [0.1, 0.15) is 11.9 Å². The van der Waals surface area contributed by atoms with Crippen LogP contribution in [-0.4, -0.2) is 32.3 Å². The fraction of sp³-hybridized carbons (Fsp3) is 0.280. The van der Waals surface area contributed by atoms with E-state index < -0.39 is 5.41 Å². The Hall–Kier alpha value is -3.07. The van der Waals surface area contributed by atoms with Crippen molar-refractivity contribution in [1.29, 1.82) is 0 Å². The Bertz CT molecular complexity index is 928. The van der Waals surface area contributed by atoms with Gasteiger partial charge in [0.05, 0.1) is 18.6 Å². The van der Waals surface area contributed by atoms with Crippen molar-refractivity contribution < 1.29 is 14.3 Å². The van der Waals surface area contributed by atoms with Gasteiger partial charge in [-0.05, 0) is 43.2 Å². The molecule has 0 N–H and O–H groups in total. The molecule has 1 saturated heterocycles. The van der Waals surface area contributed by atoms with E-state index >= 15 is 0 Å². The molecule has 0 unspecified atom stereocenters. The van der Waals surface area contributed by atoms with E-state index in [1.807, 2.05) is 61.5 Å². The minimum atomic E-state index is -0.626. The Labute approximate surface area is 172 Å². The topological polar surface area (TPSA) is 38.8 Å². The summed E-state index contributed by atoms with van der Waals surface area (Å²) >= 11 is 0. The lowest BCUT2D eigenvalue weighted by Gasteiger charge is -2.56. The molecule has 0 radical (unpaired) electrons. The highest BCUT2D eigenvalue weighted by atomic mass is 16.5. The van der Waals surface area contributed by atoms with Gasteiger partial charge in [-0.25, -0.2) is 0 Å². The molecule has 2 aromatic rings. The Kier molecular flexibility index (Phi) is 6.07. The van der Waals surface area contributed by atoms with Gasteiger partial charge in [-0.2, -0.15) is 0 Å². The smallest absolute Gasteiger partial charge is 0.235 e. The summed E-state index contributed by atoms with van der Waals surface area (Å²) in [7, 11) is 3.28. The second-order valence-electron chi connectivity index (χ2n) is 7.34. The van der Waals surface area contributed by atoms with Gasteiger partial charge >= 0.3 is 0 Å². The number of anilines is 1. The summed E-state index contributed by atoms with van der Waals surface area (Å²) in [4.78, 5) is 15.1. The fourth-order valence-corrected chi connectivity index (χ4v) is 4.13. The maximum atomic E-state index is 13.3. The number of benzene rings is 2.